The first-order valence-electron chi connectivity index (χ1n) is 15.6. The van der Waals surface area contributed by atoms with E-state index in [2.05, 4.69) is 56.2 Å². The second-order valence-corrected chi connectivity index (χ2v) is 10.9. The third-order valence-electron chi connectivity index (χ3n) is 7.24. The lowest BCUT2D eigenvalue weighted by Gasteiger charge is -2.12. The molecule has 22 heteroatoms. The summed E-state index contributed by atoms with van der Waals surface area (Å²) in [5, 5.41) is 58.9. The van der Waals surface area contributed by atoms with Gasteiger partial charge in [0.05, 0.1) is 38.0 Å². The molecule has 0 saturated heterocycles. The van der Waals surface area contributed by atoms with E-state index in [-0.39, 0.29) is 34.1 Å². The summed E-state index contributed by atoms with van der Waals surface area (Å²) in [5.74, 6) is -4.09. The molecule has 3 N–H and O–H groups in total. The van der Waals surface area contributed by atoms with Crippen molar-refractivity contribution < 1.29 is 33.8 Å². The van der Waals surface area contributed by atoms with Crippen LogP contribution in [0.2, 0.25) is 0 Å². The summed E-state index contributed by atoms with van der Waals surface area (Å²) in [5.41, 5.74) is 0.133. The minimum absolute atomic E-state index is 0.195. The van der Waals surface area contributed by atoms with E-state index in [0.717, 1.165) is 35.6 Å². The molecule has 5 aromatic rings. The summed E-state index contributed by atoms with van der Waals surface area (Å²) < 4.78 is 12.2. The topological polar surface area (TPSA) is 302 Å². The highest BCUT2D eigenvalue weighted by atomic mass is 16.5. The van der Waals surface area contributed by atoms with Gasteiger partial charge in [-0.15, -0.1) is 10.2 Å². The lowest BCUT2D eigenvalue weighted by atomic mass is 10.2. The van der Waals surface area contributed by atoms with Gasteiger partial charge in [0, 0.05) is 0 Å². The molecule has 0 aliphatic carbocycles. The van der Waals surface area contributed by atoms with Gasteiger partial charge in [0.2, 0.25) is 12.1 Å². The molecule has 0 aliphatic heterocycles. The summed E-state index contributed by atoms with van der Waals surface area (Å²) in [6.45, 7) is 2.23. The van der Waals surface area contributed by atoms with Crippen molar-refractivity contribution in [1.82, 2.24) is 34.5 Å². The average molecular weight is 746 g/mol. The number of rotatable bonds is 14. The van der Waals surface area contributed by atoms with Crippen LogP contribution in [0.3, 0.4) is 0 Å². The van der Waals surface area contributed by atoms with Gasteiger partial charge in [0.1, 0.15) is 34.8 Å². The van der Waals surface area contributed by atoms with Gasteiger partial charge in [-0.1, -0.05) is 24.3 Å². The van der Waals surface area contributed by atoms with Gasteiger partial charge in [-0.25, -0.2) is 0 Å². The van der Waals surface area contributed by atoms with E-state index in [1.165, 1.54) is 14.2 Å². The number of benzene rings is 2. The fraction of sp³-hybridized carbons (Fsp3) is 0.182. The average Bonchev–Trinajstić information content (AvgIpc) is 3.78. The fourth-order valence-electron chi connectivity index (χ4n) is 4.62. The lowest BCUT2D eigenvalue weighted by Crippen LogP contribution is -2.32. The molecule has 2 atom stereocenters. The molecule has 0 radical (unpaired) electrons. The Labute approximate surface area is 309 Å². The molecule has 55 heavy (non-hydrogen) atoms. The Hall–Kier alpha value is -8.27. The first kappa shape index (κ1) is 38.0. The number of carbonyl (C=O) groups excluding carboxylic acids is 4. The van der Waals surface area contributed by atoms with Crippen molar-refractivity contribution in [3.63, 3.8) is 0 Å². The highest BCUT2D eigenvalue weighted by molar-refractivity contribution is 6.11. The Morgan fingerprint density at radius 3 is 1.47 bits per heavy atom. The molecule has 0 saturated carbocycles. The van der Waals surface area contributed by atoms with Crippen molar-refractivity contribution in [2.45, 2.75) is 25.9 Å². The van der Waals surface area contributed by atoms with Crippen molar-refractivity contribution in [3.05, 3.63) is 72.1 Å². The smallest absolute Gasteiger partial charge is 0.320 e. The van der Waals surface area contributed by atoms with Gasteiger partial charge in [0.25, 0.3) is 23.7 Å². The Morgan fingerprint density at radius 1 is 0.709 bits per heavy atom. The van der Waals surface area contributed by atoms with Gasteiger partial charge < -0.3 is 25.2 Å². The van der Waals surface area contributed by atoms with Crippen LogP contribution < -0.4 is 20.1 Å². The van der Waals surface area contributed by atoms with Gasteiger partial charge in [-0.05, 0) is 38.1 Å². The minimum Gasteiger partial charge on any atom is -0.495 e. The maximum atomic E-state index is 13.1. The number of hydrogen-bond acceptors (Lipinski definition) is 18. The normalized spacial score (nSPS) is 12.0. The molecule has 0 fully saturated rings. The molecule has 3 heterocycles. The molecular formula is C33H27N15O7. The van der Waals surface area contributed by atoms with Crippen molar-refractivity contribution in [3.8, 4) is 41.5 Å². The molecule has 2 amide bonds. The highest BCUT2D eigenvalue weighted by Gasteiger charge is 2.27. The molecule has 0 aliphatic rings. The molecule has 0 bridgehead atoms. The predicted molar refractivity (Wildman–Crippen MR) is 186 cm³/mol. The van der Waals surface area contributed by atoms with Crippen LogP contribution in [-0.4, -0.2) is 89.3 Å². The Morgan fingerprint density at radius 2 is 1.11 bits per heavy atom. The number of hydrogen-bond donors (Lipinski definition) is 3. The number of carbonyl (C=O) groups is 4. The van der Waals surface area contributed by atoms with Gasteiger partial charge in [-0.3, -0.25) is 19.2 Å². The maximum absolute atomic E-state index is 13.1. The van der Waals surface area contributed by atoms with Crippen LogP contribution in [-0.2, 0) is 19.2 Å². The number of methoxy groups -OCH3 is 2. The van der Waals surface area contributed by atoms with Gasteiger partial charge in [0.15, 0.2) is 23.2 Å². The summed E-state index contributed by atoms with van der Waals surface area (Å²) in [4.78, 5) is 63.0. The van der Waals surface area contributed by atoms with Crippen molar-refractivity contribution in [2.24, 2.45) is 20.5 Å². The standard InChI is InChI=1S/C33H27N15O7/c1-17(49)25(29(51)38-21-9-5-7-11-23(21)54-3)43-45-27-19(13-34)15-36-47(27)31-40-32(42-33(53)41-31)48-28(20(14-35)16-37-48)46-44-26(18(2)50)30(52)39-22-10-6-8-12-24(22)55-4/h5-12,15-16,25-26H,1-4H3,(H,38,51)(H,39,52)(H,40,41,42,53). The largest absolute Gasteiger partial charge is 0.495 e. The summed E-state index contributed by atoms with van der Waals surface area (Å²) in [7, 11) is 2.80. The van der Waals surface area contributed by atoms with E-state index in [4.69, 9.17) is 9.47 Å². The quantitative estimate of drug-likeness (QED) is 0.109. The van der Waals surface area contributed by atoms with E-state index in [1.54, 1.807) is 48.5 Å². The second-order valence-electron chi connectivity index (χ2n) is 10.9. The van der Waals surface area contributed by atoms with E-state index < -0.39 is 53.4 Å². The van der Waals surface area contributed by atoms with Crippen LogP contribution >= 0.6 is 0 Å². The first-order valence-corrected chi connectivity index (χ1v) is 15.6. The SMILES string of the molecule is COc1ccccc1NC(=O)C(N=Nc1c(C#N)cnn1-c1nc(O)nc(-n2ncc(C#N)c2N=NC(C(C)=O)C(=O)Nc2ccccc2OC)n1)C(C)=O. The van der Waals surface area contributed by atoms with Crippen LogP contribution in [0.4, 0.5) is 23.0 Å². The molecule has 276 valence electrons. The Balaban J connectivity index is 1.49. The molecular weight excluding hydrogens is 718 g/mol. The second kappa shape index (κ2) is 16.8. The molecule has 5 rings (SSSR count). The third-order valence-corrected chi connectivity index (χ3v) is 7.24. The van der Waals surface area contributed by atoms with Crippen LogP contribution in [0, 0.1) is 22.7 Å². The third kappa shape index (κ3) is 8.45. The number of nitrogens with zero attached hydrogens (tertiary/aromatic N) is 13. The number of amides is 2. The fourth-order valence-corrected chi connectivity index (χ4v) is 4.62. The van der Waals surface area contributed by atoms with Gasteiger partial charge >= 0.3 is 6.01 Å². The number of Topliss-reactive ketones (excluding diaryl/α,β-unsaturated/α-hetero) is 2. The van der Waals surface area contributed by atoms with Crippen molar-refractivity contribution in [2.75, 3.05) is 24.9 Å². The number of aromatic hydroxyl groups is 1. The van der Waals surface area contributed by atoms with Crippen molar-refractivity contribution >= 4 is 46.4 Å². The number of para-hydroxylation sites is 4. The Bertz CT molecular complexity index is 2280. The van der Waals surface area contributed by atoms with Gasteiger partial charge in [-0.2, -0.15) is 55.3 Å². The number of anilines is 2. The number of nitriles is 2. The number of nitrogens with one attached hydrogen (secondary N) is 2. The lowest BCUT2D eigenvalue weighted by molar-refractivity contribution is -0.127. The van der Waals surface area contributed by atoms with Crippen LogP contribution in [0.15, 0.2) is 81.4 Å². The number of azo groups is 2. The number of ether oxygens (including phenoxy) is 2. The monoisotopic (exact) mass is 745 g/mol. The molecule has 2 aromatic carbocycles. The molecule has 3 aromatic heterocycles. The van der Waals surface area contributed by atoms with Crippen molar-refractivity contribution in [1.29, 1.82) is 10.5 Å². The molecule has 2 unspecified atom stereocenters. The maximum Gasteiger partial charge on any atom is 0.320 e. The zero-order valence-electron chi connectivity index (χ0n) is 29.1. The van der Waals surface area contributed by atoms with E-state index >= 15 is 0 Å². The van der Waals surface area contributed by atoms with Crippen LogP contribution in [0.1, 0.15) is 25.0 Å². The van der Waals surface area contributed by atoms with Crippen LogP contribution in [0.5, 0.6) is 17.5 Å². The predicted octanol–water partition coefficient (Wildman–Crippen LogP) is 3.07. The van der Waals surface area contributed by atoms with E-state index in [9.17, 15) is 34.8 Å². The molecule has 0 spiro atoms. The summed E-state index contributed by atoms with van der Waals surface area (Å²) in [6.07, 6.45) is 2.12. The first-order chi connectivity index (χ1) is 26.5. The highest BCUT2D eigenvalue weighted by Crippen LogP contribution is 2.28. The minimum atomic E-state index is -1.68. The number of ketones is 2. The summed E-state index contributed by atoms with van der Waals surface area (Å²) in [6, 6.07) is 12.4. The number of aromatic nitrogens is 7. The zero-order chi connectivity index (χ0) is 39.6. The van der Waals surface area contributed by atoms with Crippen LogP contribution in [0.25, 0.3) is 11.9 Å². The Kier molecular flexibility index (Phi) is 11.6. The van der Waals surface area contributed by atoms with E-state index in [0.29, 0.717) is 11.5 Å². The molecule has 22 nitrogen and oxygen atoms in total. The van der Waals surface area contributed by atoms with E-state index in [1.807, 2.05) is 12.1 Å². The zero-order valence-corrected chi connectivity index (χ0v) is 29.1. The summed E-state index contributed by atoms with van der Waals surface area (Å²) >= 11 is 0.